The topological polar surface area (TPSA) is 119 Å². The van der Waals surface area contributed by atoms with Gasteiger partial charge in [0.15, 0.2) is 5.13 Å². The molecule has 11 heteroatoms. The van der Waals surface area contributed by atoms with E-state index in [1.807, 2.05) is 56.3 Å². The van der Waals surface area contributed by atoms with Gasteiger partial charge in [-0.2, -0.15) is 0 Å². The number of carbonyl (C=O) groups is 3. The van der Waals surface area contributed by atoms with E-state index in [2.05, 4.69) is 20.9 Å². The summed E-state index contributed by atoms with van der Waals surface area (Å²) < 4.78 is 12.0. The number of thiazole rings is 1. The maximum atomic E-state index is 13.5. The van der Waals surface area contributed by atoms with Gasteiger partial charge in [0.1, 0.15) is 17.2 Å². The average Bonchev–Trinajstić information content (AvgIpc) is 3.46. The lowest BCUT2D eigenvalue weighted by Gasteiger charge is -2.12. The Morgan fingerprint density at radius 1 is 0.826 bits per heavy atom. The third-order valence-corrected chi connectivity index (χ3v) is 8.34. The summed E-state index contributed by atoms with van der Waals surface area (Å²) in [5.74, 6) is 0.503. The van der Waals surface area contributed by atoms with Crippen molar-refractivity contribution in [1.29, 1.82) is 0 Å². The first-order chi connectivity index (χ1) is 22.4. The molecular weight excluding hydrogens is 621 g/mol. The predicted molar refractivity (Wildman–Crippen MR) is 185 cm³/mol. The van der Waals surface area contributed by atoms with Crippen LogP contribution < -0.4 is 25.4 Å². The normalized spacial score (nSPS) is 11.1. The molecule has 0 atom stereocenters. The first kappa shape index (κ1) is 32.3. The Bertz CT molecular complexity index is 1860. The minimum absolute atomic E-state index is 0.0691. The monoisotopic (exact) mass is 652 g/mol. The predicted octanol–water partition coefficient (Wildman–Crippen LogP) is 7.23. The zero-order valence-electron chi connectivity index (χ0n) is 25.2. The quantitative estimate of drug-likeness (QED) is 0.0907. The zero-order chi connectivity index (χ0) is 32.3. The van der Waals surface area contributed by atoms with E-state index >= 15 is 0 Å². The molecule has 1 heterocycles. The summed E-state index contributed by atoms with van der Waals surface area (Å²) in [6.45, 7) is 4.94. The van der Waals surface area contributed by atoms with E-state index in [-0.39, 0.29) is 17.4 Å². The summed E-state index contributed by atoms with van der Waals surface area (Å²) in [6.07, 6.45) is 1.61. The first-order valence-corrected chi connectivity index (χ1v) is 16.4. The highest BCUT2D eigenvalue weighted by atomic mass is 32.2. The van der Waals surface area contributed by atoms with Crippen LogP contribution in [0.5, 0.6) is 11.5 Å². The number of thioether (sulfide) groups is 1. The smallest absolute Gasteiger partial charge is 0.272 e. The van der Waals surface area contributed by atoms with Gasteiger partial charge >= 0.3 is 0 Å². The molecule has 5 rings (SSSR count). The molecule has 3 amide bonds. The van der Waals surface area contributed by atoms with E-state index in [1.165, 1.54) is 23.1 Å². The highest BCUT2D eigenvalue weighted by molar-refractivity contribution is 8.00. The second kappa shape index (κ2) is 15.7. The second-order valence-electron chi connectivity index (χ2n) is 9.78. The van der Waals surface area contributed by atoms with E-state index in [0.717, 1.165) is 20.9 Å². The van der Waals surface area contributed by atoms with E-state index in [4.69, 9.17) is 9.47 Å². The van der Waals surface area contributed by atoms with Crippen LogP contribution in [0, 0.1) is 0 Å². The average molecular weight is 653 g/mol. The van der Waals surface area contributed by atoms with E-state index in [9.17, 15) is 14.4 Å². The Kier molecular flexibility index (Phi) is 11.0. The third kappa shape index (κ3) is 8.96. The molecule has 0 aliphatic carbocycles. The maximum Gasteiger partial charge on any atom is 0.272 e. The van der Waals surface area contributed by atoms with Crippen molar-refractivity contribution >= 4 is 67.9 Å². The lowest BCUT2D eigenvalue weighted by Crippen LogP contribution is -2.30. The lowest BCUT2D eigenvalue weighted by atomic mass is 10.1. The van der Waals surface area contributed by atoms with Crippen LogP contribution in [-0.2, 0) is 9.59 Å². The number of nitrogens with one attached hydrogen (secondary N) is 3. The Labute approximate surface area is 275 Å². The zero-order valence-corrected chi connectivity index (χ0v) is 26.9. The van der Waals surface area contributed by atoms with Crippen LogP contribution in [-0.4, -0.2) is 41.7 Å². The fourth-order valence-electron chi connectivity index (χ4n) is 4.32. The molecule has 46 heavy (non-hydrogen) atoms. The molecule has 9 nitrogen and oxygen atoms in total. The summed E-state index contributed by atoms with van der Waals surface area (Å²) in [7, 11) is 0. The lowest BCUT2D eigenvalue weighted by molar-refractivity contribution is -0.114. The van der Waals surface area contributed by atoms with Crippen molar-refractivity contribution in [2.75, 3.05) is 29.6 Å². The number of anilines is 2. The molecule has 234 valence electrons. The van der Waals surface area contributed by atoms with Crippen molar-refractivity contribution in [3.05, 3.63) is 114 Å². The number of amides is 3. The van der Waals surface area contributed by atoms with Gasteiger partial charge in [0.05, 0.1) is 29.2 Å². The molecule has 0 fully saturated rings. The van der Waals surface area contributed by atoms with Crippen LogP contribution in [0.15, 0.2) is 108 Å². The molecule has 4 aromatic carbocycles. The van der Waals surface area contributed by atoms with Crippen molar-refractivity contribution in [3.63, 3.8) is 0 Å². The van der Waals surface area contributed by atoms with Crippen molar-refractivity contribution in [1.82, 2.24) is 10.3 Å². The number of nitrogens with zero attached hydrogens (tertiary/aromatic N) is 1. The van der Waals surface area contributed by atoms with Crippen molar-refractivity contribution in [3.8, 4) is 11.5 Å². The van der Waals surface area contributed by atoms with Crippen molar-refractivity contribution < 1.29 is 23.9 Å². The fraction of sp³-hybridized carbons (Fsp3) is 0.143. The molecule has 0 aliphatic heterocycles. The molecule has 0 spiro atoms. The highest BCUT2D eigenvalue weighted by Crippen LogP contribution is 2.30. The molecule has 0 radical (unpaired) electrons. The van der Waals surface area contributed by atoms with Gasteiger partial charge in [0, 0.05) is 16.1 Å². The number of benzene rings is 4. The van der Waals surface area contributed by atoms with Gasteiger partial charge in [0.25, 0.3) is 11.8 Å². The van der Waals surface area contributed by atoms with Crippen LogP contribution in [0.4, 0.5) is 10.8 Å². The minimum Gasteiger partial charge on any atom is -0.494 e. The van der Waals surface area contributed by atoms with Gasteiger partial charge < -0.3 is 25.4 Å². The van der Waals surface area contributed by atoms with Crippen LogP contribution in [0.25, 0.3) is 16.3 Å². The number of fused-ring (bicyclic) bond motifs is 1. The van der Waals surface area contributed by atoms with Crippen LogP contribution in [0.1, 0.15) is 29.8 Å². The number of hydrogen-bond acceptors (Lipinski definition) is 8. The molecule has 0 unspecified atom stereocenters. The third-order valence-electron chi connectivity index (χ3n) is 6.41. The summed E-state index contributed by atoms with van der Waals surface area (Å²) in [5, 5.41) is 8.99. The van der Waals surface area contributed by atoms with Crippen molar-refractivity contribution in [2.24, 2.45) is 0 Å². The van der Waals surface area contributed by atoms with E-state index in [0.29, 0.717) is 40.9 Å². The molecule has 3 N–H and O–H groups in total. The van der Waals surface area contributed by atoms with Crippen LogP contribution >= 0.6 is 23.1 Å². The SMILES string of the molecule is CCOc1ccc(/C=C(/NC(=O)c2ccccc2)C(=O)Nc2cccc(SCC(=O)Nc3nc4ccc(OCC)cc4s3)c2)cc1. The number of ether oxygens (including phenoxy) is 2. The largest absolute Gasteiger partial charge is 0.494 e. The molecule has 0 bridgehead atoms. The molecule has 1 aromatic heterocycles. The number of hydrogen-bond donors (Lipinski definition) is 3. The van der Waals surface area contributed by atoms with Gasteiger partial charge in [-0.05, 0) is 86.2 Å². The molecule has 5 aromatic rings. The Morgan fingerprint density at radius 3 is 2.33 bits per heavy atom. The van der Waals surface area contributed by atoms with Gasteiger partial charge in [-0.15, -0.1) is 11.8 Å². The summed E-state index contributed by atoms with van der Waals surface area (Å²) in [5.41, 5.74) is 2.50. The Hall–Kier alpha value is -5.13. The van der Waals surface area contributed by atoms with Gasteiger partial charge in [-0.25, -0.2) is 4.98 Å². The molecule has 0 saturated carbocycles. The Balaban J connectivity index is 1.24. The van der Waals surface area contributed by atoms with Gasteiger partial charge in [0.2, 0.25) is 5.91 Å². The standard InChI is InChI=1S/C35H32N4O5S2/c1-3-43-26-15-13-23(14-16-26)19-30(37-33(41)24-9-6-5-7-10-24)34(42)36-25-11-8-12-28(20-25)45-22-32(40)39-35-38-29-18-17-27(44-4-2)21-31(29)46-35/h5-21H,3-4,22H2,1-2H3,(H,36,42)(H,37,41)(H,38,39,40)/b30-19+. The first-order valence-electron chi connectivity index (χ1n) is 14.6. The number of aromatic nitrogens is 1. The number of rotatable bonds is 13. The van der Waals surface area contributed by atoms with Crippen LogP contribution in [0.2, 0.25) is 0 Å². The molecular formula is C35H32N4O5S2. The summed E-state index contributed by atoms with van der Waals surface area (Å²) in [6, 6.07) is 28.7. The minimum atomic E-state index is -0.499. The van der Waals surface area contributed by atoms with Gasteiger partial charge in [-0.3, -0.25) is 14.4 Å². The number of carbonyl (C=O) groups excluding carboxylic acids is 3. The maximum absolute atomic E-state index is 13.5. The summed E-state index contributed by atoms with van der Waals surface area (Å²) in [4.78, 5) is 44.4. The van der Waals surface area contributed by atoms with E-state index < -0.39 is 11.8 Å². The van der Waals surface area contributed by atoms with Gasteiger partial charge in [-0.1, -0.05) is 47.7 Å². The van der Waals surface area contributed by atoms with Crippen molar-refractivity contribution in [2.45, 2.75) is 18.7 Å². The van der Waals surface area contributed by atoms with Crippen LogP contribution in [0.3, 0.4) is 0 Å². The second-order valence-corrected chi connectivity index (χ2v) is 11.9. The molecule has 0 aliphatic rings. The summed E-state index contributed by atoms with van der Waals surface area (Å²) >= 11 is 2.71. The fourth-order valence-corrected chi connectivity index (χ4v) is 5.98. The van der Waals surface area contributed by atoms with E-state index in [1.54, 1.807) is 60.7 Å². The molecule has 0 saturated heterocycles. The highest BCUT2D eigenvalue weighted by Gasteiger charge is 2.16. The Morgan fingerprint density at radius 2 is 1.57 bits per heavy atom.